The van der Waals surface area contributed by atoms with Gasteiger partial charge in [-0.25, -0.2) is 0 Å². The highest BCUT2D eigenvalue weighted by Crippen LogP contribution is 2.21. The molecule has 1 amide bonds. The normalized spacial score (nSPS) is 15.8. The summed E-state index contributed by atoms with van der Waals surface area (Å²) in [4.78, 5) is 17.1. The molecule has 0 bridgehead atoms. The number of nitrogens with zero attached hydrogens (tertiary/aromatic N) is 2. The van der Waals surface area contributed by atoms with E-state index in [9.17, 15) is 4.79 Å². The summed E-state index contributed by atoms with van der Waals surface area (Å²) < 4.78 is 6.02. The molecule has 0 saturated carbocycles. The second-order valence-corrected chi connectivity index (χ2v) is 6.43. The van der Waals surface area contributed by atoms with E-state index in [4.69, 9.17) is 4.74 Å². The molecule has 0 N–H and O–H groups in total. The minimum atomic E-state index is -0.413. The molecular formula is C21H26N2O2. The van der Waals surface area contributed by atoms with Gasteiger partial charge in [-0.15, -0.1) is 0 Å². The molecule has 0 aliphatic carbocycles. The third kappa shape index (κ3) is 4.13. The maximum absolute atomic E-state index is 12.9. The van der Waals surface area contributed by atoms with Crippen LogP contribution in [0, 0.1) is 6.92 Å². The molecule has 1 aliphatic rings. The van der Waals surface area contributed by atoms with E-state index in [0.717, 1.165) is 37.5 Å². The van der Waals surface area contributed by atoms with Crippen LogP contribution in [0.3, 0.4) is 0 Å². The largest absolute Gasteiger partial charge is 0.480 e. The summed E-state index contributed by atoms with van der Waals surface area (Å²) in [6, 6.07) is 18.2. The lowest BCUT2D eigenvalue weighted by Crippen LogP contribution is -2.52. The Morgan fingerprint density at radius 3 is 2.28 bits per heavy atom. The lowest BCUT2D eigenvalue weighted by molar-refractivity contribution is -0.139. The smallest absolute Gasteiger partial charge is 0.263 e. The highest BCUT2D eigenvalue weighted by molar-refractivity contribution is 5.81. The van der Waals surface area contributed by atoms with Crippen molar-refractivity contribution in [3.05, 3.63) is 60.2 Å². The first kappa shape index (κ1) is 17.3. The molecule has 25 heavy (non-hydrogen) atoms. The Hall–Kier alpha value is -2.49. The Bertz CT molecular complexity index is 694. The number of hydrogen-bond donors (Lipinski definition) is 0. The highest BCUT2D eigenvalue weighted by atomic mass is 16.5. The highest BCUT2D eigenvalue weighted by Gasteiger charge is 2.28. The third-order valence-electron chi connectivity index (χ3n) is 4.72. The Balaban J connectivity index is 1.60. The van der Waals surface area contributed by atoms with Gasteiger partial charge in [0.25, 0.3) is 5.91 Å². The Morgan fingerprint density at radius 2 is 1.64 bits per heavy atom. The predicted octanol–water partition coefficient (Wildman–Crippen LogP) is 3.50. The number of anilines is 1. The second kappa shape index (κ2) is 8.06. The van der Waals surface area contributed by atoms with Crippen molar-refractivity contribution in [3.63, 3.8) is 0 Å². The standard InChI is InChI=1S/C21H26N2O2/c1-3-19(25-20-12-8-7-9-17(20)2)21(24)23-15-13-22(14-16-23)18-10-5-4-6-11-18/h4-12,19H,3,13-16H2,1-2H3. The molecule has 2 aromatic rings. The molecule has 2 aromatic carbocycles. The number of piperazine rings is 1. The molecular weight excluding hydrogens is 312 g/mol. The SMILES string of the molecule is CCC(Oc1ccccc1C)C(=O)N1CCN(c2ccccc2)CC1. The monoisotopic (exact) mass is 338 g/mol. The Morgan fingerprint density at radius 1 is 1.00 bits per heavy atom. The van der Waals surface area contributed by atoms with Crippen molar-refractivity contribution in [2.75, 3.05) is 31.1 Å². The molecule has 3 rings (SSSR count). The zero-order valence-electron chi connectivity index (χ0n) is 15.0. The van der Waals surface area contributed by atoms with E-state index in [1.165, 1.54) is 5.69 Å². The van der Waals surface area contributed by atoms with Crippen LogP contribution in [-0.4, -0.2) is 43.1 Å². The summed E-state index contributed by atoms with van der Waals surface area (Å²) in [5.41, 5.74) is 2.28. The number of carbonyl (C=O) groups excluding carboxylic acids is 1. The summed E-state index contributed by atoms with van der Waals surface area (Å²) in [6.45, 7) is 7.20. The van der Waals surface area contributed by atoms with Crippen molar-refractivity contribution in [3.8, 4) is 5.75 Å². The van der Waals surface area contributed by atoms with E-state index >= 15 is 0 Å². The lowest BCUT2D eigenvalue weighted by atomic mass is 10.2. The van der Waals surface area contributed by atoms with Crippen LogP contribution >= 0.6 is 0 Å². The fraction of sp³-hybridized carbons (Fsp3) is 0.381. The zero-order valence-corrected chi connectivity index (χ0v) is 15.0. The number of ether oxygens (including phenoxy) is 1. The van der Waals surface area contributed by atoms with Gasteiger partial charge in [0.05, 0.1) is 0 Å². The van der Waals surface area contributed by atoms with E-state index in [1.807, 2.05) is 49.1 Å². The molecule has 1 aliphatic heterocycles. The zero-order chi connectivity index (χ0) is 17.6. The van der Waals surface area contributed by atoms with Gasteiger partial charge in [-0.2, -0.15) is 0 Å². The van der Waals surface area contributed by atoms with Crippen LogP contribution in [-0.2, 0) is 4.79 Å². The van der Waals surface area contributed by atoms with Gasteiger partial charge in [-0.1, -0.05) is 43.3 Å². The summed E-state index contributed by atoms with van der Waals surface area (Å²) in [5.74, 6) is 0.893. The number of benzene rings is 2. The maximum Gasteiger partial charge on any atom is 0.263 e. The van der Waals surface area contributed by atoms with Crippen molar-refractivity contribution < 1.29 is 9.53 Å². The molecule has 0 spiro atoms. The van der Waals surface area contributed by atoms with Crippen molar-refractivity contribution in [2.45, 2.75) is 26.4 Å². The molecule has 132 valence electrons. The number of hydrogen-bond acceptors (Lipinski definition) is 3. The summed E-state index contributed by atoms with van der Waals surface area (Å²) in [6.07, 6.45) is 0.260. The molecule has 4 heteroatoms. The quantitative estimate of drug-likeness (QED) is 0.836. The van der Waals surface area contributed by atoms with Gasteiger partial charge in [-0.3, -0.25) is 4.79 Å². The van der Waals surface area contributed by atoms with Gasteiger partial charge < -0.3 is 14.5 Å². The number of para-hydroxylation sites is 2. The molecule has 0 aromatic heterocycles. The van der Waals surface area contributed by atoms with E-state index in [2.05, 4.69) is 29.2 Å². The molecule has 0 radical (unpaired) electrons. The molecule has 4 nitrogen and oxygen atoms in total. The van der Waals surface area contributed by atoms with Gasteiger partial charge in [0.1, 0.15) is 5.75 Å². The number of rotatable bonds is 5. The van der Waals surface area contributed by atoms with Crippen LogP contribution in [0.1, 0.15) is 18.9 Å². The summed E-state index contributed by atoms with van der Waals surface area (Å²) >= 11 is 0. The van der Waals surface area contributed by atoms with Crippen molar-refractivity contribution >= 4 is 11.6 Å². The minimum Gasteiger partial charge on any atom is -0.480 e. The third-order valence-corrected chi connectivity index (χ3v) is 4.72. The molecule has 1 heterocycles. The van der Waals surface area contributed by atoms with Crippen LogP contribution in [0.5, 0.6) is 5.75 Å². The number of amides is 1. The fourth-order valence-corrected chi connectivity index (χ4v) is 3.18. The van der Waals surface area contributed by atoms with Crippen LogP contribution < -0.4 is 9.64 Å². The van der Waals surface area contributed by atoms with E-state index in [1.54, 1.807) is 0 Å². The van der Waals surface area contributed by atoms with Gasteiger partial charge in [0, 0.05) is 31.9 Å². The van der Waals surface area contributed by atoms with Gasteiger partial charge >= 0.3 is 0 Å². The van der Waals surface area contributed by atoms with E-state index in [-0.39, 0.29) is 5.91 Å². The first-order chi connectivity index (χ1) is 12.2. The summed E-state index contributed by atoms with van der Waals surface area (Å²) in [5, 5.41) is 0. The fourth-order valence-electron chi connectivity index (χ4n) is 3.18. The van der Waals surface area contributed by atoms with Crippen molar-refractivity contribution in [1.82, 2.24) is 4.90 Å². The van der Waals surface area contributed by atoms with Gasteiger partial charge in [0.2, 0.25) is 0 Å². The first-order valence-corrected chi connectivity index (χ1v) is 9.00. The van der Waals surface area contributed by atoms with Gasteiger partial charge in [0.15, 0.2) is 6.10 Å². The van der Waals surface area contributed by atoms with Crippen LogP contribution in [0.2, 0.25) is 0 Å². The first-order valence-electron chi connectivity index (χ1n) is 9.00. The van der Waals surface area contributed by atoms with Gasteiger partial charge in [-0.05, 0) is 37.1 Å². The van der Waals surface area contributed by atoms with Crippen LogP contribution in [0.15, 0.2) is 54.6 Å². The molecule has 1 atom stereocenters. The topological polar surface area (TPSA) is 32.8 Å². The lowest BCUT2D eigenvalue weighted by Gasteiger charge is -2.37. The van der Waals surface area contributed by atoms with Crippen LogP contribution in [0.4, 0.5) is 5.69 Å². The number of aryl methyl sites for hydroxylation is 1. The predicted molar refractivity (Wildman–Crippen MR) is 101 cm³/mol. The van der Waals surface area contributed by atoms with Crippen molar-refractivity contribution in [1.29, 1.82) is 0 Å². The summed E-state index contributed by atoms with van der Waals surface area (Å²) in [7, 11) is 0. The molecule has 1 fully saturated rings. The number of carbonyl (C=O) groups is 1. The maximum atomic E-state index is 12.9. The Labute approximate surface area is 150 Å². The molecule has 1 saturated heterocycles. The van der Waals surface area contributed by atoms with E-state index in [0.29, 0.717) is 6.42 Å². The minimum absolute atomic E-state index is 0.0958. The van der Waals surface area contributed by atoms with Crippen molar-refractivity contribution in [2.24, 2.45) is 0 Å². The van der Waals surface area contributed by atoms with Crippen LogP contribution in [0.25, 0.3) is 0 Å². The molecule has 1 unspecified atom stereocenters. The van der Waals surface area contributed by atoms with E-state index < -0.39 is 6.10 Å². The average Bonchev–Trinajstić information content (AvgIpc) is 2.68. The second-order valence-electron chi connectivity index (χ2n) is 6.43. The Kier molecular flexibility index (Phi) is 5.59. The average molecular weight is 338 g/mol.